The monoisotopic (exact) mass is 308 g/mol. The van der Waals surface area contributed by atoms with Gasteiger partial charge in [0.05, 0.1) is 6.04 Å². The maximum Gasteiger partial charge on any atom is 0.471 e. The fourth-order valence-corrected chi connectivity index (χ4v) is 2.85. The van der Waals surface area contributed by atoms with Crippen molar-refractivity contribution in [1.29, 1.82) is 0 Å². The number of ether oxygens (including phenoxy) is 1. The van der Waals surface area contributed by atoms with Gasteiger partial charge >= 0.3 is 18.2 Å². The lowest BCUT2D eigenvalue weighted by Gasteiger charge is -2.28. The van der Waals surface area contributed by atoms with Crippen molar-refractivity contribution in [1.82, 2.24) is 9.80 Å². The van der Waals surface area contributed by atoms with Crippen LogP contribution in [0.2, 0.25) is 0 Å². The normalized spacial score (nSPS) is 26.0. The Labute approximate surface area is 121 Å². The number of carbonyl (C=O) groups is 2. The highest BCUT2D eigenvalue weighted by Crippen LogP contribution is 2.34. The minimum atomic E-state index is -4.87. The number of likely N-dealkylation sites (tertiary alicyclic amines) is 2. The van der Waals surface area contributed by atoms with Gasteiger partial charge in [0, 0.05) is 25.6 Å². The van der Waals surface area contributed by atoms with Gasteiger partial charge in [0.1, 0.15) is 5.60 Å². The van der Waals surface area contributed by atoms with Crippen LogP contribution in [-0.2, 0) is 9.53 Å². The van der Waals surface area contributed by atoms with E-state index in [1.54, 1.807) is 20.8 Å². The Morgan fingerprint density at radius 1 is 1.14 bits per heavy atom. The highest BCUT2D eigenvalue weighted by molar-refractivity contribution is 5.82. The van der Waals surface area contributed by atoms with Crippen molar-refractivity contribution < 1.29 is 27.5 Å². The highest BCUT2D eigenvalue weighted by atomic mass is 19.4. The van der Waals surface area contributed by atoms with Crippen LogP contribution in [0.4, 0.5) is 18.0 Å². The molecule has 2 aliphatic heterocycles. The van der Waals surface area contributed by atoms with Gasteiger partial charge < -0.3 is 14.5 Å². The summed E-state index contributed by atoms with van der Waals surface area (Å²) in [7, 11) is 0. The number of rotatable bonds is 0. The zero-order chi connectivity index (χ0) is 16.0. The lowest BCUT2D eigenvalue weighted by Crippen LogP contribution is -2.45. The minimum Gasteiger partial charge on any atom is -0.444 e. The number of amides is 2. The van der Waals surface area contributed by atoms with Gasteiger partial charge in [-0.15, -0.1) is 0 Å². The standard InChI is InChI=1S/C13H19F3N2O3/c1-12(2,3)21-11(20)18-5-4-8-6-17(7-9(8)18)10(19)13(14,15)16/h8-9H,4-7H2,1-3H3/t8-,9-/m1/s1. The van der Waals surface area contributed by atoms with E-state index in [-0.39, 0.29) is 25.0 Å². The molecule has 0 saturated carbocycles. The van der Waals surface area contributed by atoms with Crippen molar-refractivity contribution in [3.63, 3.8) is 0 Å². The van der Waals surface area contributed by atoms with Crippen molar-refractivity contribution in [3.05, 3.63) is 0 Å². The van der Waals surface area contributed by atoms with Crippen LogP contribution in [0.1, 0.15) is 27.2 Å². The van der Waals surface area contributed by atoms with Gasteiger partial charge in [-0.2, -0.15) is 13.2 Å². The molecule has 8 heteroatoms. The summed E-state index contributed by atoms with van der Waals surface area (Å²) >= 11 is 0. The molecule has 2 fully saturated rings. The molecule has 120 valence electrons. The van der Waals surface area contributed by atoms with E-state index in [2.05, 4.69) is 0 Å². The number of hydrogen-bond acceptors (Lipinski definition) is 3. The minimum absolute atomic E-state index is 0.0440. The average molecular weight is 308 g/mol. The van der Waals surface area contributed by atoms with Gasteiger partial charge in [-0.3, -0.25) is 4.79 Å². The molecule has 2 atom stereocenters. The second-order valence-corrected chi connectivity index (χ2v) is 6.50. The van der Waals surface area contributed by atoms with Gasteiger partial charge in [0.25, 0.3) is 0 Å². The van der Waals surface area contributed by atoms with Crippen LogP contribution in [0.15, 0.2) is 0 Å². The van der Waals surface area contributed by atoms with Gasteiger partial charge in [0.2, 0.25) is 0 Å². The fourth-order valence-electron chi connectivity index (χ4n) is 2.85. The van der Waals surface area contributed by atoms with Crippen LogP contribution in [0.5, 0.6) is 0 Å². The summed E-state index contributed by atoms with van der Waals surface area (Å²) in [6.45, 7) is 5.61. The number of fused-ring (bicyclic) bond motifs is 1. The largest absolute Gasteiger partial charge is 0.471 e. The zero-order valence-corrected chi connectivity index (χ0v) is 12.2. The van der Waals surface area contributed by atoms with Crippen LogP contribution in [0, 0.1) is 5.92 Å². The quantitative estimate of drug-likeness (QED) is 0.688. The van der Waals surface area contributed by atoms with Crippen LogP contribution in [0.3, 0.4) is 0 Å². The average Bonchev–Trinajstić information content (AvgIpc) is 2.82. The second kappa shape index (κ2) is 5.06. The Bertz CT molecular complexity index is 445. The molecule has 0 aromatic heterocycles. The maximum absolute atomic E-state index is 12.5. The molecular weight excluding hydrogens is 289 g/mol. The van der Waals surface area contributed by atoms with Crippen LogP contribution < -0.4 is 0 Å². The smallest absolute Gasteiger partial charge is 0.444 e. The van der Waals surface area contributed by atoms with Gasteiger partial charge in [-0.05, 0) is 27.2 Å². The van der Waals surface area contributed by atoms with E-state index in [4.69, 9.17) is 4.74 Å². The second-order valence-electron chi connectivity index (χ2n) is 6.50. The molecule has 5 nitrogen and oxygen atoms in total. The third-order valence-corrected chi connectivity index (χ3v) is 3.71. The van der Waals surface area contributed by atoms with E-state index in [9.17, 15) is 22.8 Å². The highest BCUT2D eigenvalue weighted by Gasteiger charge is 2.51. The summed E-state index contributed by atoms with van der Waals surface area (Å²) in [5, 5.41) is 0. The molecule has 0 N–H and O–H groups in total. The SMILES string of the molecule is CC(C)(C)OC(=O)N1CC[C@@H]2CN(C(=O)C(F)(F)F)C[C@H]21. The number of halogens is 3. The summed E-state index contributed by atoms with van der Waals surface area (Å²) in [6.07, 6.45) is -4.81. The van der Waals surface area contributed by atoms with E-state index < -0.39 is 23.8 Å². The summed E-state index contributed by atoms with van der Waals surface area (Å²) in [5.74, 6) is -1.94. The van der Waals surface area contributed by atoms with Crippen molar-refractivity contribution in [2.24, 2.45) is 5.92 Å². The molecule has 21 heavy (non-hydrogen) atoms. The zero-order valence-electron chi connectivity index (χ0n) is 12.2. The molecule has 2 aliphatic rings. The molecule has 0 spiro atoms. The lowest BCUT2D eigenvalue weighted by atomic mass is 10.1. The van der Waals surface area contributed by atoms with Crippen molar-refractivity contribution in [2.45, 2.75) is 45.0 Å². The Morgan fingerprint density at radius 3 is 2.29 bits per heavy atom. The van der Waals surface area contributed by atoms with E-state index in [0.29, 0.717) is 13.0 Å². The molecule has 2 heterocycles. The van der Waals surface area contributed by atoms with Gasteiger partial charge in [0.15, 0.2) is 0 Å². The molecule has 0 bridgehead atoms. The fraction of sp³-hybridized carbons (Fsp3) is 0.846. The predicted molar refractivity (Wildman–Crippen MR) is 67.5 cm³/mol. The van der Waals surface area contributed by atoms with E-state index in [0.717, 1.165) is 4.90 Å². The molecule has 2 amide bonds. The molecule has 2 saturated heterocycles. The molecular formula is C13H19F3N2O3. The summed E-state index contributed by atoms with van der Waals surface area (Å²) in [6, 6.07) is -0.383. The Balaban J connectivity index is 2.02. The molecule has 0 radical (unpaired) electrons. The first-order chi connectivity index (χ1) is 9.49. The first kappa shape index (κ1) is 15.9. The van der Waals surface area contributed by atoms with Crippen molar-refractivity contribution in [2.75, 3.05) is 19.6 Å². The molecule has 0 aromatic rings. The molecule has 0 aromatic carbocycles. The van der Waals surface area contributed by atoms with Crippen molar-refractivity contribution >= 4 is 12.0 Å². The topological polar surface area (TPSA) is 49.9 Å². The predicted octanol–water partition coefficient (Wildman–Crippen LogP) is 2.02. The Hall–Kier alpha value is -1.47. The lowest BCUT2D eigenvalue weighted by molar-refractivity contribution is -0.184. The molecule has 0 unspecified atom stereocenters. The Morgan fingerprint density at radius 2 is 1.76 bits per heavy atom. The van der Waals surface area contributed by atoms with Gasteiger partial charge in [-0.25, -0.2) is 4.79 Å². The van der Waals surface area contributed by atoms with E-state index >= 15 is 0 Å². The van der Waals surface area contributed by atoms with E-state index in [1.165, 1.54) is 4.90 Å². The first-order valence-corrected chi connectivity index (χ1v) is 6.85. The van der Waals surface area contributed by atoms with Crippen LogP contribution in [0.25, 0.3) is 0 Å². The number of carbonyl (C=O) groups excluding carboxylic acids is 2. The van der Waals surface area contributed by atoms with Crippen LogP contribution >= 0.6 is 0 Å². The number of hydrogen-bond donors (Lipinski definition) is 0. The van der Waals surface area contributed by atoms with Crippen molar-refractivity contribution in [3.8, 4) is 0 Å². The molecule has 0 aliphatic carbocycles. The third-order valence-electron chi connectivity index (χ3n) is 3.71. The summed E-state index contributed by atoms with van der Waals surface area (Å²) in [4.78, 5) is 25.6. The third kappa shape index (κ3) is 3.41. The summed E-state index contributed by atoms with van der Waals surface area (Å²) in [5.41, 5.74) is -0.657. The summed E-state index contributed by atoms with van der Waals surface area (Å²) < 4.78 is 42.6. The number of alkyl halides is 3. The number of nitrogens with zero attached hydrogens (tertiary/aromatic N) is 2. The first-order valence-electron chi connectivity index (χ1n) is 6.85. The maximum atomic E-state index is 12.5. The van der Waals surface area contributed by atoms with Crippen LogP contribution in [-0.4, -0.2) is 59.3 Å². The molecule has 2 rings (SSSR count). The Kier molecular flexibility index (Phi) is 3.84. The van der Waals surface area contributed by atoms with Gasteiger partial charge in [-0.1, -0.05) is 0 Å². The van der Waals surface area contributed by atoms with E-state index in [1.807, 2.05) is 0 Å².